The lowest BCUT2D eigenvalue weighted by atomic mass is 9.73. The third kappa shape index (κ3) is 3.60. The second kappa shape index (κ2) is 8.48. The smallest absolute Gasteiger partial charge is 0.335 e. The summed E-state index contributed by atoms with van der Waals surface area (Å²) in [5.41, 5.74) is 4.17. The molecule has 3 aromatic carbocycles. The van der Waals surface area contributed by atoms with E-state index < -0.39 is 11.5 Å². The number of aromatic carboxylic acids is 1. The number of anilines is 1. The molecule has 3 aliphatic rings. The Hall–Kier alpha value is -3.55. The van der Waals surface area contributed by atoms with E-state index in [4.69, 9.17) is 16.3 Å². The Kier molecular flexibility index (Phi) is 5.26. The molecule has 8 heteroatoms. The fraction of sp³-hybridized carbons (Fsp3) is 0.333. The van der Waals surface area contributed by atoms with Gasteiger partial charge in [-0.15, -0.1) is 0 Å². The first-order chi connectivity index (χ1) is 18.4. The molecule has 3 fully saturated rings. The van der Waals surface area contributed by atoms with Crippen LogP contribution in [0.4, 0.5) is 5.69 Å². The summed E-state index contributed by atoms with van der Waals surface area (Å²) >= 11 is 6.40. The van der Waals surface area contributed by atoms with Gasteiger partial charge < -0.3 is 14.7 Å². The van der Waals surface area contributed by atoms with E-state index in [1.54, 1.807) is 28.8 Å². The van der Waals surface area contributed by atoms with Crippen molar-refractivity contribution in [1.82, 2.24) is 9.13 Å². The van der Waals surface area contributed by atoms with Crippen LogP contribution in [0.1, 0.15) is 41.6 Å². The third-order valence-corrected chi connectivity index (χ3v) is 8.91. The highest BCUT2D eigenvalue weighted by Gasteiger charge is 2.49. The molecular formula is C30H28ClN3O4. The number of hydrogen-bond acceptors (Lipinski definition) is 4. The number of carbonyl (C=O) groups is 1. The van der Waals surface area contributed by atoms with Gasteiger partial charge in [-0.1, -0.05) is 23.7 Å². The molecule has 0 amide bonds. The van der Waals surface area contributed by atoms with Crippen LogP contribution < -0.4 is 10.6 Å². The van der Waals surface area contributed by atoms with Gasteiger partial charge in [0.05, 0.1) is 27.8 Å². The molecule has 1 saturated carbocycles. The summed E-state index contributed by atoms with van der Waals surface area (Å²) in [7, 11) is 0. The number of carboxylic acids is 1. The number of benzene rings is 3. The van der Waals surface area contributed by atoms with Crippen LogP contribution in [0.2, 0.25) is 5.02 Å². The molecule has 3 heterocycles. The zero-order valence-corrected chi connectivity index (χ0v) is 21.7. The summed E-state index contributed by atoms with van der Waals surface area (Å²) in [5.74, 6) is -0.978. The SMILES string of the molecule is O=C(O)c1cccc(C2(n3c(=O)n(-c4ccc(N5CC6(CCOCC6)C5)cc4)c4cc(Cl)ccc43)CC2)c1. The van der Waals surface area contributed by atoms with Crippen molar-refractivity contribution in [3.05, 3.63) is 93.4 Å². The van der Waals surface area contributed by atoms with Gasteiger partial charge in [0.25, 0.3) is 0 Å². The molecule has 4 aromatic rings. The molecule has 2 aliphatic heterocycles. The number of imidazole rings is 1. The molecule has 1 N–H and O–H groups in total. The summed E-state index contributed by atoms with van der Waals surface area (Å²) in [6.45, 7) is 3.79. The molecule has 0 unspecified atom stereocenters. The van der Waals surface area contributed by atoms with Gasteiger partial charge >= 0.3 is 11.7 Å². The van der Waals surface area contributed by atoms with Gasteiger partial charge in [0, 0.05) is 42.4 Å². The van der Waals surface area contributed by atoms with Gasteiger partial charge in [-0.2, -0.15) is 0 Å². The van der Waals surface area contributed by atoms with E-state index in [9.17, 15) is 14.7 Å². The van der Waals surface area contributed by atoms with E-state index >= 15 is 0 Å². The lowest BCUT2D eigenvalue weighted by Gasteiger charge is -2.53. The van der Waals surface area contributed by atoms with Crippen LogP contribution in [-0.2, 0) is 10.3 Å². The first-order valence-corrected chi connectivity index (χ1v) is 13.5. The van der Waals surface area contributed by atoms with Gasteiger partial charge in [0.15, 0.2) is 0 Å². The maximum absolute atomic E-state index is 14.1. The lowest BCUT2D eigenvalue weighted by molar-refractivity contribution is -0.000193. The standard InChI is InChI=1S/C30H28ClN3O4/c31-22-4-9-25-26(17-22)33(24-7-5-23(6-8-24)32-18-29(19-32)12-14-38-15-13-29)28(37)34(25)30(10-11-30)21-3-1-2-20(16-21)27(35)36/h1-9,16-17H,10-15,18-19H2,(H,35,36). The largest absolute Gasteiger partial charge is 0.478 e. The van der Waals surface area contributed by atoms with E-state index in [-0.39, 0.29) is 11.3 Å². The zero-order valence-electron chi connectivity index (χ0n) is 20.9. The third-order valence-electron chi connectivity index (χ3n) is 8.68. The van der Waals surface area contributed by atoms with Gasteiger partial charge in [-0.05, 0) is 85.8 Å². The Balaban J connectivity index is 1.28. The van der Waals surface area contributed by atoms with E-state index in [2.05, 4.69) is 17.0 Å². The van der Waals surface area contributed by atoms with Crippen LogP contribution in [0.15, 0.2) is 71.5 Å². The van der Waals surface area contributed by atoms with Gasteiger partial charge in [-0.3, -0.25) is 9.13 Å². The summed E-state index contributed by atoms with van der Waals surface area (Å²) in [4.78, 5) is 28.1. The molecule has 2 saturated heterocycles. The fourth-order valence-corrected chi connectivity index (χ4v) is 6.58. The number of halogens is 1. The number of rotatable bonds is 5. The molecule has 7 nitrogen and oxygen atoms in total. The quantitative estimate of drug-likeness (QED) is 0.380. The topological polar surface area (TPSA) is 76.7 Å². The Morgan fingerprint density at radius 1 is 0.868 bits per heavy atom. The fourth-order valence-electron chi connectivity index (χ4n) is 6.41. The predicted octanol–water partition coefficient (Wildman–Crippen LogP) is 5.30. The minimum atomic E-state index is -0.978. The van der Waals surface area contributed by atoms with Crippen molar-refractivity contribution in [1.29, 1.82) is 0 Å². The van der Waals surface area contributed by atoms with Crippen molar-refractivity contribution < 1.29 is 14.6 Å². The van der Waals surface area contributed by atoms with Crippen molar-refractivity contribution in [2.24, 2.45) is 5.41 Å². The number of aromatic nitrogens is 2. The summed E-state index contributed by atoms with van der Waals surface area (Å²) < 4.78 is 9.10. The van der Waals surface area contributed by atoms with Crippen molar-refractivity contribution >= 4 is 34.3 Å². The molecule has 1 aliphatic carbocycles. The Morgan fingerprint density at radius 2 is 1.58 bits per heavy atom. The molecule has 7 rings (SSSR count). The minimum Gasteiger partial charge on any atom is -0.478 e. The van der Waals surface area contributed by atoms with Gasteiger partial charge in [0.2, 0.25) is 0 Å². The van der Waals surface area contributed by atoms with E-state index in [0.29, 0.717) is 10.4 Å². The number of carboxylic acid groups (broad SMARTS) is 1. The summed E-state index contributed by atoms with van der Waals surface area (Å²) in [5, 5.41) is 10.1. The molecule has 1 spiro atoms. The molecule has 0 bridgehead atoms. The molecule has 0 atom stereocenters. The zero-order chi connectivity index (χ0) is 26.1. The summed E-state index contributed by atoms with van der Waals surface area (Å²) in [6.07, 6.45) is 3.76. The average molecular weight is 530 g/mol. The van der Waals surface area contributed by atoms with Crippen LogP contribution in [0, 0.1) is 5.41 Å². The van der Waals surface area contributed by atoms with Crippen molar-refractivity contribution in [2.45, 2.75) is 31.2 Å². The first kappa shape index (κ1) is 23.6. The second-order valence-corrected chi connectivity index (χ2v) is 11.4. The molecule has 194 valence electrons. The maximum atomic E-state index is 14.1. The Labute approximate surface area is 224 Å². The second-order valence-electron chi connectivity index (χ2n) is 11.0. The highest BCUT2D eigenvalue weighted by Crippen LogP contribution is 2.50. The number of nitrogens with zero attached hydrogens (tertiary/aromatic N) is 3. The van der Waals surface area contributed by atoms with Gasteiger partial charge in [0.1, 0.15) is 0 Å². The summed E-state index contributed by atoms with van der Waals surface area (Å²) in [6, 6.07) is 20.6. The van der Waals surface area contributed by atoms with Crippen LogP contribution in [-0.4, -0.2) is 46.5 Å². The van der Waals surface area contributed by atoms with Crippen molar-refractivity contribution in [2.75, 3.05) is 31.2 Å². The average Bonchev–Trinajstić information content (AvgIpc) is 3.66. The van der Waals surface area contributed by atoms with Crippen molar-refractivity contribution in [3.63, 3.8) is 0 Å². The van der Waals surface area contributed by atoms with Crippen LogP contribution in [0.3, 0.4) is 0 Å². The van der Waals surface area contributed by atoms with Crippen LogP contribution >= 0.6 is 11.6 Å². The highest BCUT2D eigenvalue weighted by atomic mass is 35.5. The Morgan fingerprint density at radius 3 is 2.26 bits per heavy atom. The number of hydrogen-bond donors (Lipinski definition) is 1. The van der Waals surface area contributed by atoms with E-state index in [1.807, 2.05) is 34.9 Å². The predicted molar refractivity (Wildman–Crippen MR) is 147 cm³/mol. The normalized spacial score (nSPS) is 19.4. The maximum Gasteiger partial charge on any atom is 0.335 e. The van der Waals surface area contributed by atoms with Crippen molar-refractivity contribution in [3.8, 4) is 5.69 Å². The van der Waals surface area contributed by atoms with Crippen LogP contribution in [0.25, 0.3) is 16.7 Å². The number of fused-ring (bicyclic) bond motifs is 1. The highest BCUT2D eigenvalue weighted by molar-refractivity contribution is 6.31. The van der Waals surface area contributed by atoms with Crippen LogP contribution in [0.5, 0.6) is 0 Å². The Bertz CT molecular complexity index is 1620. The molecule has 0 radical (unpaired) electrons. The molecule has 38 heavy (non-hydrogen) atoms. The molecule has 1 aromatic heterocycles. The molecular weight excluding hydrogens is 502 g/mol. The van der Waals surface area contributed by atoms with E-state index in [0.717, 1.165) is 80.0 Å². The monoisotopic (exact) mass is 529 g/mol. The van der Waals surface area contributed by atoms with Gasteiger partial charge in [-0.25, -0.2) is 9.59 Å². The number of ether oxygens (including phenoxy) is 1. The first-order valence-electron chi connectivity index (χ1n) is 13.1. The lowest BCUT2D eigenvalue weighted by Crippen LogP contribution is -2.58. The van der Waals surface area contributed by atoms with E-state index in [1.165, 1.54) is 0 Å². The minimum absolute atomic E-state index is 0.154.